The van der Waals surface area contributed by atoms with E-state index in [-0.39, 0.29) is 0 Å². The van der Waals surface area contributed by atoms with Crippen molar-refractivity contribution in [3.63, 3.8) is 0 Å². The molecule has 0 aromatic heterocycles. The summed E-state index contributed by atoms with van der Waals surface area (Å²) in [6.45, 7) is 9.29. The third-order valence-electron chi connectivity index (χ3n) is 2.35. The summed E-state index contributed by atoms with van der Waals surface area (Å²) < 4.78 is 0. The Bertz CT molecular complexity index is 101. The first-order valence-corrected chi connectivity index (χ1v) is 8.43. The maximum Gasteiger partial charge on any atom is 0.00626 e. The standard InChI is InChI=1S/C12H26S2/c1-5-7-11(3)9-13-14-10-12(4)8-6-2/h11-12H,5-10H2,1-4H3/t11-,12?/m1/s1. The van der Waals surface area contributed by atoms with Crippen molar-refractivity contribution in [2.75, 3.05) is 11.5 Å². The molecule has 2 atom stereocenters. The molecule has 0 rings (SSSR count). The first kappa shape index (κ1) is 14.7. The largest absolute Gasteiger partial charge is 0.0939 e. The van der Waals surface area contributed by atoms with Crippen molar-refractivity contribution >= 4 is 21.6 Å². The summed E-state index contributed by atoms with van der Waals surface area (Å²) in [5.41, 5.74) is 0. The molecular weight excluding hydrogens is 208 g/mol. The highest BCUT2D eigenvalue weighted by molar-refractivity contribution is 8.76. The lowest BCUT2D eigenvalue weighted by Gasteiger charge is -2.11. The second kappa shape index (κ2) is 10.2. The van der Waals surface area contributed by atoms with Crippen molar-refractivity contribution in [2.45, 2.75) is 53.4 Å². The normalized spacial score (nSPS) is 15.4. The van der Waals surface area contributed by atoms with Crippen molar-refractivity contribution in [1.29, 1.82) is 0 Å². The van der Waals surface area contributed by atoms with Crippen LogP contribution >= 0.6 is 21.6 Å². The smallest absolute Gasteiger partial charge is 0.00626 e. The first-order valence-electron chi connectivity index (χ1n) is 5.95. The van der Waals surface area contributed by atoms with Crippen molar-refractivity contribution < 1.29 is 0 Å². The molecule has 0 nitrogen and oxygen atoms in total. The average Bonchev–Trinajstić information content (AvgIpc) is 2.13. The van der Waals surface area contributed by atoms with E-state index < -0.39 is 0 Å². The minimum absolute atomic E-state index is 0.902. The van der Waals surface area contributed by atoms with Gasteiger partial charge in [-0.1, -0.05) is 75.0 Å². The molecule has 0 saturated carbocycles. The summed E-state index contributed by atoms with van der Waals surface area (Å²) in [5.74, 6) is 4.47. The van der Waals surface area contributed by atoms with Crippen molar-refractivity contribution in [2.24, 2.45) is 11.8 Å². The maximum atomic E-state index is 2.37. The molecule has 1 unspecified atom stereocenters. The molecule has 0 aromatic rings. The van der Waals surface area contributed by atoms with Gasteiger partial charge in [-0.15, -0.1) is 0 Å². The fourth-order valence-electron chi connectivity index (χ4n) is 1.48. The summed E-state index contributed by atoms with van der Waals surface area (Å²) in [6, 6.07) is 0. The molecule has 0 bridgehead atoms. The van der Waals surface area contributed by atoms with Crippen LogP contribution in [0, 0.1) is 11.8 Å². The molecule has 0 aromatic carbocycles. The van der Waals surface area contributed by atoms with E-state index in [4.69, 9.17) is 0 Å². The van der Waals surface area contributed by atoms with Crippen LogP contribution in [-0.2, 0) is 0 Å². The molecule has 0 aliphatic rings. The summed E-state index contributed by atoms with van der Waals surface area (Å²) in [7, 11) is 4.14. The Morgan fingerprint density at radius 3 is 1.43 bits per heavy atom. The zero-order valence-electron chi connectivity index (χ0n) is 10.2. The van der Waals surface area contributed by atoms with Gasteiger partial charge in [0.25, 0.3) is 0 Å². The molecule has 0 heterocycles. The topological polar surface area (TPSA) is 0 Å². The van der Waals surface area contributed by atoms with E-state index in [1.165, 1.54) is 37.2 Å². The van der Waals surface area contributed by atoms with E-state index in [0.29, 0.717) is 0 Å². The Morgan fingerprint density at radius 2 is 1.14 bits per heavy atom. The van der Waals surface area contributed by atoms with Gasteiger partial charge in [-0.25, -0.2) is 0 Å². The number of hydrogen-bond donors (Lipinski definition) is 0. The Hall–Kier alpha value is 0.700. The predicted octanol–water partition coefficient (Wildman–Crippen LogP) is 5.24. The van der Waals surface area contributed by atoms with Crippen LogP contribution in [0.2, 0.25) is 0 Å². The van der Waals surface area contributed by atoms with Gasteiger partial charge in [0.15, 0.2) is 0 Å². The molecule has 0 amide bonds. The van der Waals surface area contributed by atoms with Gasteiger partial charge >= 0.3 is 0 Å². The minimum Gasteiger partial charge on any atom is -0.0939 e. The zero-order valence-corrected chi connectivity index (χ0v) is 11.8. The van der Waals surface area contributed by atoms with E-state index in [0.717, 1.165) is 11.8 Å². The molecule has 0 fully saturated rings. The van der Waals surface area contributed by atoms with Crippen molar-refractivity contribution in [1.82, 2.24) is 0 Å². The van der Waals surface area contributed by atoms with E-state index in [1.54, 1.807) is 0 Å². The number of hydrogen-bond acceptors (Lipinski definition) is 2. The lowest BCUT2D eigenvalue weighted by molar-refractivity contribution is 0.584. The molecule has 0 aliphatic carbocycles. The highest BCUT2D eigenvalue weighted by atomic mass is 33.1. The maximum absolute atomic E-state index is 2.37. The Morgan fingerprint density at radius 1 is 0.786 bits per heavy atom. The van der Waals surface area contributed by atoms with Gasteiger partial charge in [0.2, 0.25) is 0 Å². The molecule has 86 valence electrons. The average molecular weight is 234 g/mol. The fraction of sp³-hybridized carbons (Fsp3) is 1.00. The van der Waals surface area contributed by atoms with Gasteiger partial charge in [-0.05, 0) is 11.8 Å². The molecule has 0 N–H and O–H groups in total. The SMILES string of the molecule is CCCC(C)CSSC[C@H](C)CCC. The van der Waals surface area contributed by atoms with Gasteiger partial charge in [0, 0.05) is 11.5 Å². The summed E-state index contributed by atoms with van der Waals surface area (Å²) >= 11 is 0. The monoisotopic (exact) mass is 234 g/mol. The molecule has 0 spiro atoms. The molecule has 14 heavy (non-hydrogen) atoms. The molecule has 0 saturated heterocycles. The fourth-order valence-corrected chi connectivity index (χ4v) is 4.44. The summed E-state index contributed by atoms with van der Waals surface area (Å²) in [5, 5.41) is 0. The molecule has 2 heteroatoms. The zero-order chi connectivity index (χ0) is 10.8. The van der Waals surface area contributed by atoms with E-state index in [1.807, 2.05) is 0 Å². The van der Waals surface area contributed by atoms with Crippen LogP contribution in [0.4, 0.5) is 0 Å². The van der Waals surface area contributed by atoms with Crippen LogP contribution in [0.5, 0.6) is 0 Å². The van der Waals surface area contributed by atoms with E-state index in [2.05, 4.69) is 49.3 Å². The van der Waals surface area contributed by atoms with Gasteiger partial charge in [0.1, 0.15) is 0 Å². The van der Waals surface area contributed by atoms with Gasteiger partial charge in [0.05, 0.1) is 0 Å². The van der Waals surface area contributed by atoms with Crippen LogP contribution in [-0.4, -0.2) is 11.5 Å². The summed E-state index contributed by atoms with van der Waals surface area (Å²) in [6.07, 6.45) is 5.44. The quantitative estimate of drug-likeness (QED) is 0.395. The first-order chi connectivity index (χ1) is 6.70. The summed E-state index contributed by atoms with van der Waals surface area (Å²) in [4.78, 5) is 0. The molecular formula is C12H26S2. The Kier molecular flexibility index (Phi) is 10.7. The molecule has 0 radical (unpaired) electrons. The van der Waals surface area contributed by atoms with E-state index >= 15 is 0 Å². The number of rotatable bonds is 9. The van der Waals surface area contributed by atoms with Gasteiger partial charge < -0.3 is 0 Å². The van der Waals surface area contributed by atoms with Crippen LogP contribution < -0.4 is 0 Å². The van der Waals surface area contributed by atoms with Crippen LogP contribution in [0.25, 0.3) is 0 Å². The van der Waals surface area contributed by atoms with Crippen molar-refractivity contribution in [3.05, 3.63) is 0 Å². The van der Waals surface area contributed by atoms with Crippen LogP contribution in [0.1, 0.15) is 53.4 Å². The lowest BCUT2D eigenvalue weighted by Crippen LogP contribution is -1.98. The minimum atomic E-state index is 0.902. The second-order valence-corrected chi connectivity index (χ2v) is 6.91. The van der Waals surface area contributed by atoms with E-state index in [9.17, 15) is 0 Å². The van der Waals surface area contributed by atoms with Crippen molar-refractivity contribution in [3.8, 4) is 0 Å². The third kappa shape index (κ3) is 9.26. The van der Waals surface area contributed by atoms with Crippen LogP contribution in [0.15, 0.2) is 0 Å². The van der Waals surface area contributed by atoms with Crippen LogP contribution in [0.3, 0.4) is 0 Å². The molecule has 0 aliphatic heterocycles. The van der Waals surface area contributed by atoms with Gasteiger partial charge in [-0.2, -0.15) is 0 Å². The van der Waals surface area contributed by atoms with Gasteiger partial charge in [-0.3, -0.25) is 0 Å². The lowest BCUT2D eigenvalue weighted by atomic mass is 10.1. The second-order valence-electron chi connectivity index (χ2n) is 4.36. The Labute approximate surface area is 98.4 Å². The highest BCUT2D eigenvalue weighted by Crippen LogP contribution is 2.28. The third-order valence-corrected chi connectivity index (χ3v) is 5.24. The predicted molar refractivity (Wildman–Crippen MR) is 73.1 cm³/mol. The Balaban J connectivity index is 3.19. The highest BCUT2D eigenvalue weighted by Gasteiger charge is 2.03.